The number of amides is 2. The van der Waals surface area contributed by atoms with Crippen LogP contribution in [0.2, 0.25) is 0 Å². The number of carbonyl (C=O) groups excluding carboxylic acids is 2. The van der Waals surface area contributed by atoms with E-state index < -0.39 is 5.91 Å². The molecule has 0 aliphatic rings. The second kappa shape index (κ2) is 8.01. The molecular weight excluding hydrogens is 324 g/mol. The van der Waals surface area contributed by atoms with Crippen LogP contribution in [0, 0.1) is 6.92 Å². The molecule has 2 amide bonds. The summed E-state index contributed by atoms with van der Waals surface area (Å²) in [5, 5.41) is 3.49. The van der Waals surface area contributed by atoms with E-state index >= 15 is 0 Å². The van der Waals surface area contributed by atoms with Gasteiger partial charge in [0.2, 0.25) is 5.69 Å². The van der Waals surface area contributed by atoms with Crippen LogP contribution in [0.25, 0.3) is 0 Å². The molecule has 0 aliphatic carbocycles. The van der Waals surface area contributed by atoms with Gasteiger partial charge in [0.1, 0.15) is 0 Å². The largest absolute Gasteiger partial charge is 0.363 e. The number of H-pyrrole nitrogens is 1. The van der Waals surface area contributed by atoms with E-state index in [-0.39, 0.29) is 11.6 Å². The van der Waals surface area contributed by atoms with Gasteiger partial charge in [-0.1, -0.05) is 31.0 Å². The van der Waals surface area contributed by atoms with Gasteiger partial charge < -0.3 is 5.73 Å². The molecule has 0 fully saturated rings. The van der Waals surface area contributed by atoms with E-state index in [2.05, 4.69) is 17.2 Å². The predicted molar refractivity (Wildman–Crippen MR) is 94.0 cm³/mol. The zero-order valence-corrected chi connectivity index (χ0v) is 15.0. The Bertz CT molecular complexity index is 738. The van der Waals surface area contributed by atoms with Crippen LogP contribution in [-0.2, 0) is 11.3 Å². The number of nitrogens with zero attached hydrogens (tertiary/aromatic N) is 1. The molecule has 0 aliphatic heterocycles. The molecule has 0 saturated carbocycles. The molecule has 1 heterocycles. The van der Waals surface area contributed by atoms with Gasteiger partial charge in [0.25, 0.3) is 22.8 Å². The number of hydrogen-bond acceptors (Lipinski definition) is 3. The highest BCUT2D eigenvalue weighted by Gasteiger charge is 2.28. The summed E-state index contributed by atoms with van der Waals surface area (Å²) in [6.07, 6.45) is 1.92. The first kappa shape index (κ1) is 18.1. The fraction of sp³-hybridized carbons (Fsp3) is 0.353. The summed E-state index contributed by atoms with van der Waals surface area (Å²) in [6, 6.07) is 8.11. The standard InChI is InChI=1S/C17H22N4O2S/c1-4-5-10-21-16(19-12(3)22)14(15(18)23)20-17(21)24-13-8-6-11(2)7-9-13/h6-9H,4-5,10H2,1-3H3,(H3,18,19,22,23)/p+1. The summed E-state index contributed by atoms with van der Waals surface area (Å²) in [4.78, 5) is 27.4. The van der Waals surface area contributed by atoms with Crippen molar-refractivity contribution in [3.05, 3.63) is 35.5 Å². The smallest absolute Gasteiger partial charge is 0.287 e. The molecule has 0 atom stereocenters. The van der Waals surface area contributed by atoms with Crippen molar-refractivity contribution in [2.75, 3.05) is 5.32 Å². The summed E-state index contributed by atoms with van der Waals surface area (Å²) in [7, 11) is 0. The summed E-state index contributed by atoms with van der Waals surface area (Å²) < 4.78 is 1.91. The minimum absolute atomic E-state index is 0.218. The number of imidazole rings is 1. The third-order valence-corrected chi connectivity index (χ3v) is 4.52. The van der Waals surface area contributed by atoms with Crippen molar-refractivity contribution in [1.82, 2.24) is 4.98 Å². The first-order valence-electron chi connectivity index (χ1n) is 7.90. The van der Waals surface area contributed by atoms with Gasteiger partial charge in [-0.2, -0.15) is 0 Å². The van der Waals surface area contributed by atoms with Crippen molar-refractivity contribution >= 4 is 29.4 Å². The lowest BCUT2D eigenvalue weighted by atomic mass is 10.2. The molecule has 0 spiro atoms. The number of rotatable bonds is 7. The molecule has 128 valence electrons. The Kier molecular flexibility index (Phi) is 6.03. The fourth-order valence-electron chi connectivity index (χ4n) is 2.27. The average molecular weight is 347 g/mol. The van der Waals surface area contributed by atoms with Gasteiger partial charge in [-0.3, -0.25) is 14.6 Å². The van der Waals surface area contributed by atoms with Gasteiger partial charge in [-0.15, -0.1) is 0 Å². The van der Waals surface area contributed by atoms with Gasteiger partial charge >= 0.3 is 0 Å². The number of aryl methyl sites for hydroxylation is 1. The van der Waals surface area contributed by atoms with Crippen molar-refractivity contribution in [2.24, 2.45) is 5.73 Å². The maximum Gasteiger partial charge on any atom is 0.287 e. The van der Waals surface area contributed by atoms with E-state index in [0.717, 1.165) is 22.9 Å². The first-order chi connectivity index (χ1) is 11.4. The summed E-state index contributed by atoms with van der Waals surface area (Å²) >= 11 is 1.50. The average Bonchev–Trinajstić information content (AvgIpc) is 2.84. The van der Waals surface area contributed by atoms with Crippen molar-refractivity contribution < 1.29 is 14.2 Å². The second-order valence-electron chi connectivity index (χ2n) is 5.62. The van der Waals surface area contributed by atoms with E-state index in [1.807, 2.05) is 35.8 Å². The molecule has 0 bridgehead atoms. The quantitative estimate of drug-likeness (QED) is 0.672. The molecule has 0 radical (unpaired) electrons. The van der Waals surface area contributed by atoms with Gasteiger partial charge in [-0.05, 0) is 37.2 Å². The molecule has 6 nitrogen and oxygen atoms in total. The second-order valence-corrected chi connectivity index (χ2v) is 6.68. The van der Waals surface area contributed by atoms with Crippen LogP contribution in [-0.4, -0.2) is 16.8 Å². The summed E-state index contributed by atoms with van der Waals surface area (Å²) in [5.41, 5.74) is 6.87. The van der Waals surface area contributed by atoms with E-state index in [1.165, 1.54) is 24.2 Å². The first-order valence-corrected chi connectivity index (χ1v) is 8.71. The molecule has 2 aromatic rings. The van der Waals surface area contributed by atoms with Crippen LogP contribution in [0.3, 0.4) is 0 Å². The van der Waals surface area contributed by atoms with E-state index in [1.54, 1.807) is 0 Å². The number of primary amides is 1. The molecule has 1 aromatic carbocycles. The Balaban J connectivity index is 2.45. The number of unbranched alkanes of at least 4 members (excludes halogenated alkanes) is 1. The van der Waals surface area contributed by atoms with Crippen LogP contribution in [0.5, 0.6) is 0 Å². The van der Waals surface area contributed by atoms with Crippen LogP contribution in [0.1, 0.15) is 42.7 Å². The number of aromatic nitrogens is 2. The number of hydrogen-bond donors (Lipinski definition) is 3. The van der Waals surface area contributed by atoms with Crippen LogP contribution >= 0.6 is 11.8 Å². The number of carbonyl (C=O) groups is 2. The molecule has 7 heteroatoms. The molecule has 1 aromatic heterocycles. The van der Waals surface area contributed by atoms with Gasteiger partial charge in [-0.25, -0.2) is 9.88 Å². The van der Waals surface area contributed by atoms with Gasteiger partial charge in [0.15, 0.2) is 0 Å². The molecule has 0 saturated heterocycles. The lowest BCUT2D eigenvalue weighted by Gasteiger charge is -2.05. The zero-order valence-electron chi connectivity index (χ0n) is 14.2. The number of nitrogens with two attached hydrogens (primary N) is 1. The normalized spacial score (nSPS) is 10.6. The van der Waals surface area contributed by atoms with Gasteiger partial charge in [0, 0.05) is 11.8 Å². The van der Waals surface area contributed by atoms with Crippen molar-refractivity contribution in [3.8, 4) is 0 Å². The highest BCUT2D eigenvalue weighted by atomic mass is 32.2. The minimum atomic E-state index is -0.597. The van der Waals surface area contributed by atoms with Gasteiger partial charge in [0.05, 0.1) is 6.54 Å². The van der Waals surface area contributed by atoms with Crippen molar-refractivity contribution in [3.63, 3.8) is 0 Å². The zero-order chi connectivity index (χ0) is 17.7. The highest BCUT2D eigenvalue weighted by Crippen LogP contribution is 2.27. The van der Waals surface area contributed by atoms with E-state index in [0.29, 0.717) is 12.4 Å². The van der Waals surface area contributed by atoms with Crippen LogP contribution in [0.4, 0.5) is 5.82 Å². The monoisotopic (exact) mass is 347 g/mol. The Morgan fingerprint density at radius 3 is 2.50 bits per heavy atom. The third kappa shape index (κ3) is 4.38. The number of benzene rings is 1. The van der Waals surface area contributed by atoms with Crippen molar-refractivity contribution in [1.29, 1.82) is 0 Å². The maximum absolute atomic E-state index is 11.8. The number of anilines is 1. The number of aromatic amines is 1. The predicted octanol–water partition coefficient (Wildman–Crippen LogP) is 2.62. The fourth-order valence-corrected chi connectivity index (χ4v) is 3.21. The molecule has 2 rings (SSSR count). The molecule has 24 heavy (non-hydrogen) atoms. The van der Waals surface area contributed by atoms with Crippen LogP contribution < -0.4 is 15.6 Å². The third-order valence-electron chi connectivity index (χ3n) is 3.50. The van der Waals surface area contributed by atoms with Crippen molar-refractivity contribution in [2.45, 2.75) is 50.2 Å². The lowest BCUT2D eigenvalue weighted by Crippen LogP contribution is -2.39. The topological polar surface area (TPSA) is 91.9 Å². The highest BCUT2D eigenvalue weighted by molar-refractivity contribution is 7.99. The SMILES string of the molecule is CCCC[n+]1c(Sc2ccc(C)cc2)[nH]c(C(N)=O)c1NC(C)=O. The van der Waals surface area contributed by atoms with E-state index in [4.69, 9.17) is 5.73 Å². The lowest BCUT2D eigenvalue weighted by molar-refractivity contribution is -0.719. The molecule has 4 N–H and O–H groups in total. The number of nitrogens with one attached hydrogen (secondary N) is 2. The summed E-state index contributed by atoms with van der Waals surface area (Å²) in [5.74, 6) is -0.411. The Labute approximate surface area is 145 Å². The van der Waals surface area contributed by atoms with Crippen LogP contribution in [0.15, 0.2) is 34.3 Å². The molecule has 0 unspecified atom stereocenters. The Morgan fingerprint density at radius 1 is 1.29 bits per heavy atom. The Hall–Kier alpha value is -2.28. The summed E-state index contributed by atoms with van der Waals surface area (Å²) in [6.45, 7) is 6.22. The maximum atomic E-state index is 11.8. The molecular formula is C17H23N4O2S+. The minimum Gasteiger partial charge on any atom is -0.363 e. The van der Waals surface area contributed by atoms with E-state index in [9.17, 15) is 9.59 Å². The Morgan fingerprint density at radius 2 is 1.96 bits per heavy atom.